The van der Waals surface area contributed by atoms with E-state index in [0.717, 1.165) is 11.8 Å². The highest BCUT2D eigenvalue weighted by Crippen LogP contribution is 2.38. The second-order valence-corrected chi connectivity index (χ2v) is 4.45. The third-order valence-electron chi connectivity index (χ3n) is 2.89. The van der Waals surface area contributed by atoms with Gasteiger partial charge in [-0.2, -0.15) is 5.10 Å². The number of carboxylic acid groups (broad SMARTS) is 1. The molecule has 96 valence electrons. The van der Waals surface area contributed by atoms with Crippen LogP contribution in [0.4, 0.5) is 0 Å². The zero-order valence-electron chi connectivity index (χ0n) is 10.1. The molecule has 0 radical (unpaired) electrons. The highest BCUT2D eigenvalue weighted by atomic mass is 16.4. The Morgan fingerprint density at radius 1 is 1.37 bits per heavy atom. The maximum atomic E-state index is 10.4. The summed E-state index contributed by atoms with van der Waals surface area (Å²) in [5.74, 6) is 0.0867. The lowest BCUT2D eigenvalue weighted by Gasteiger charge is -1.99. The maximum Gasteiger partial charge on any atom is 0.328 e. The van der Waals surface area contributed by atoms with Crippen LogP contribution in [0.1, 0.15) is 30.0 Å². The normalized spacial score (nSPS) is 14.9. The van der Waals surface area contributed by atoms with Gasteiger partial charge in [-0.1, -0.05) is 0 Å². The first-order chi connectivity index (χ1) is 9.22. The Labute approximate surface area is 109 Å². The Morgan fingerprint density at radius 3 is 2.74 bits per heavy atom. The molecule has 2 aromatic rings. The molecule has 1 fully saturated rings. The van der Waals surface area contributed by atoms with Crippen LogP contribution in [0, 0.1) is 0 Å². The number of aromatic nitrogens is 4. The molecule has 19 heavy (non-hydrogen) atoms. The lowest BCUT2D eigenvalue weighted by atomic mass is 10.3. The van der Waals surface area contributed by atoms with Gasteiger partial charge in [-0.3, -0.25) is 0 Å². The molecule has 3 rings (SSSR count). The van der Waals surface area contributed by atoms with Crippen molar-refractivity contribution >= 4 is 12.0 Å². The molecule has 1 aliphatic rings. The topological polar surface area (TPSA) is 80.9 Å². The predicted molar refractivity (Wildman–Crippen MR) is 67.8 cm³/mol. The summed E-state index contributed by atoms with van der Waals surface area (Å²) in [6, 6.07) is 1.99. The lowest BCUT2D eigenvalue weighted by Crippen LogP contribution is -2.02. The molecule has 6 nitrogen and oxygen atoms in total. The van der Waals surface area contributed by atoms with E-state index in [4.69, 9.17) is 5.11 Å². The van der Waals surface area contributed by atoms with E-state index in [1.54, 1.807) is 17.1 Å². The average Bonchev–Trinajstić information content (AvgIpc) is 3.15. The molecule has 1 N–H and O–H groups in total. The van der Waals surface area contributed by atoms with E-state index in [9.17, 15) is 4.79 Å². The van der Waals surface area contributed by atoms with Gasteiger partial charge >= 0.3 is 5.97 Å². The number of hydrogen-bond acceptors (Lipinski definition) is 4. The van der Waals surface area contributed by atoms with Crippen LogP contribution in [-0.4, -0.2) is 30.8 Å². The summed E-state index contributed by atoms with van der Waals surface area (Å²) in [6.45, 7) is 0. The van der Waals surface area contributed by atoms with Gasteiger partial charge in [-0.15, -0.1) is 0 Å². The number of carboxylic acids is 1. The SMILES string of the molecule is O=C(O)/C=C/c1cnc(-n2ccc(C3CC3)n2)nc1. The summed E-state index contributed by atoms with van der Waals surface area (Å²) in [6.07, 6.45) is 9.89. The summed E-state index contributed by atoms with van der Waals surface area (Å²) in [5.41, 5.74) is 1.72. The molecule has 0 aliphatic heterocycles. The number of nitrogens with zero attached hydrogens (tertiary/aromatic N) is 4. The van der Waals surface area contributed by atoms with E-state index >= 15 is 0 Å². The number of aliphatic carboxylic acids is 1. The largest absolute Gasteiger partial charge is 0.478 e. The van der Waals surface area contributed by atoms with Crippen molar-refractivity contribution in [2.75, 3.05) is 0 Å². The molecule has 0 aromatic carbocycles. The van der Waals surface area contributed by atoms with Gasteiger partial charge in [0.15, 0.2) is 0 Å². The van der Waals surface area contributed by atoms with Gasteiger partial charge < -0.3 is 5.11 Å². The quantitative estimate of drug-likeness (QED) is 0.841. The molecule has 0 unspecified atom stereocenters. The summed E-state index contributed by atoms with van der Waals surface area (Å²) in [7, 11) is 0. The van der Waals surface area contributed by atoms with Crippen LogP contribution in [0.25, 0.3) is 12.0 Å². The van der Waals surface area contributed by atoms with Crippen molar-refractivity contribution in [1.82, 2.24) is 19.7 Å². The van der Waals surface area contributed by atoms with Crippen LogP contribution in [0.2, 0.25) is 0 Å². The van der Waals surface area contributed by atoms with Crippen LogP contribution < -0.4 is 0 Å². The monoisotopic (exact) mass is 256 g/mol. The summed E-state index contributed by atoms with van der Waals surface area (Å²) in [4.78, 5) is 18.7. The summed E-state index contributed by atoms with van der Waals surface area (Å²) >= 11 is 0. The first-order valence-electron chi connectivity index (χ1n) is 6.01. The molecule has 0 spiro atoms. The lowest BCUT2D eigenvalue weighted by molar-refractivity contribution is -0.131. The fraction of sp³-hybridized carbons (Fsp3) is 0.231. The standard InChI is InChI=1S/C13H12N4O2/c18-12(19)4-1-9-7-14-13(15-8-9)17-6-5-11(16-17)10-2-3-10/h1,4-8,10H,2-3H2,(H,18,19)/b4-1+. The number of hydrogen-bond donors (Lipinski definition) is 1. The highest BCUT2D eigenvalue weighted by molar-refractivity contribution is 5.85. The molecule has 0 saturated heterocycles. The molecular formula is C13H12N4O2. The molecule has 0 atom stereocenters. The van der Waals surface area contributed by atoms with Crippen LogP contribution in [0.15, 0.2) is 30.7 Å². The fourth-order valence-corrected chi connectivity index (χ4v) is 1.75. The summed E-state index contributed by atoms with van der Waals surface area (Å²) < 4.78 is 1.64. The molecule has 2 heterocycles. The van der Waals surface area contributed by atoms with Crippen LogP contribution >= 0.6 is 0 Å². The van der Waals surface area contributed by atoms with Crippen molar-refractivity contribution in [3.63, 3.8) is 0 Å². The molecule has 1 aliphatic carbocycles. The van der Waals surface area contributed by atoms with Crippen molar-refractivity contribution in [3.8, 4) is 5.95 Å². The van der Waals surface area contributed by atoms with E-state index in [1.807, 2.05) is 12.3 Å². The zero-order valence-corrected chi connectivity index (χ0v) is 10.1. The fourth-order valence-electron chi connectivity index (χ4n) is 1.75. The van der Waals surface area contributed by atoms with E-state index in [0.29, 0.717) is 17.4 Å². The molecule has 6 heteroatoms. The molecule has 1 saturated carbocycles. The maximum absolute atomic E-state index is 10.4. The Balaban J connectivity index is 1.79. The average molecular weight is 256 g/mol. The predicted octanol–water partition coefficient (Wildman–Crippen LogP) is 1.64. The van der Waals surface area contributed by atoms with Crippen molar-refractivity contribution in [2.24, 2.45) is 0 Å². The van der Waals surface area contributed by atoms with Crippen molar-refractivity contribution in [1.29, 1.82) is 0 Å². The van der Waals surface area contributed by atoms with E-state index in [-0.39, 0.29) is 0 Å². The van der Waals surface area contributed by atoms with Gasteiger partial charge in [0.05, 0.1) is 5.69 Å². The molecule has 0 bridgehead atoms. The van der Waals surface area contributed by atoms with Crippen molar-refractivity contribution in [3.05, 3.63) is 42.0 Å². The Kier molecular flexibility index (Phi) is 2.83. The summed E-state index contributed by atoms with van der Waals surface area (Å²) in [5, 5.41) is 13.0. The van der Waals surface area contributed by atoms with E-state index in [1.165, 1.54) is 18.9 Å². The number of carbonyl (C=O) groups is 1. The second kappa shape index (κ2) is 4.64. The highest BCUT2D eigenvalue weighted by Gasteiger charge is 2.26. The van der Waals surface area contributed by atoms with Crippen LogP contribution in [0.5, 0.6) is 0 Å². The van der Waals surface area contributed by atoms with Crippen LogP contribution in [-0.2, 0) is 4.79 Å². The third-order valence-corrected chi connectivity index (χ3v) is 2.89. The third kappa shape index (κ3) is 2.67. The first-order valence-corrected chi connectivity index (χ1v) is 6.01. The number of rotatable bonds is 4. The van der Waals surface area contributed by atoms with Crippen LogP contribution in [0.3, 0.4) is 0 Å². The van der Waals surface area contributed by atoms with Gasteiger partial charge in [0.2, 0.25) is 5.95 Å². The zero-order chi connectivity index (χ0) is 13.2. The molecular weight excluding hydrogens is 244 g/mol. The Morgan fingerprint density at radius 2 is 2.11 bits per heavy atom. The van der Waals surface area contributed by atoms with E-state index in [2.05, 4.69) is 15.1 Å². The van der Waals surface area contributed by atoms with Gasteiger partial charge in [0.1, 0.15) is 0 Å². The van der Waals surface area contributed by atoms with Crippen molar-refractivity contribution < 1.29 is 9.90 Å². The van der Waals surface area contributed by atoms with Gasteiger partial charge in [0.25, 0.3) is 0 Å². The van der Waals surface area contributed by atoms with Crippen molar-refractivity contribution in [2.45, 2.75) is 18.8 Å². The van der Waals surface area contributed by atoms with E-state index < -0.39 is 5.97 Å². The second-order valence-electron chi connectivity index (χ2n) is 4.45. The minimum absolute atomic E-state index is 0.486. The smallest absolute Gasteiger partial charge is 0.328 e. The minimum atomic E-state index is -0.995. The van der Waals surface area contributed by atoms with Gasteiger partial charge in [0, 0.05) is 36.1 Å². The van der Waals surface area contributed by atoms with Gasteiger partial charge in [-0.25, -0.2) is 19.4 Å². The Hall–Kier alpha value is -2.50. The first kappa shape index (κ1) is 11.6. The molecule has 0 amide bonds. The van der Waals surface area contributed by atoms with Gasteiger partial charge in [-0.05, 0) is 25.0 Å². The Bertz CT molecular complexity index is 626. The minimum Gasteiger partial charge on any atom is -0.478 e. The molecule has 2 aromatic heterocycles.